The van der Waals surface area contributed by atoms with Crippen LogP contribution in [0.5, 0.6) is 0 Å². The molecular formula is C26H23ClF3N3O3S. The smallest absolute Gasteiger partial charge is 0.379 e. The lowest BCUT2D eigenvalue weighted by atomic mass is 10.1. The summed E-state index contributed by atoms with van der Waals surface area (Å²) in [5.74, 6) is -0.316. The third-order valence-electron chi connectivity index (χ3n) is 6.43. The van der Waals surface area contributed by atoms with E-state index in [9.17, 15) is 22.8 Å². The number of morpholine rings is 1. The van der Waals surface area contributed by atoms with Gasteiger partial charge in [0.05, 0.1) is 23.7 Å². The van der Waals surface area contributed by atoms with Crippen LogP contribution < -0.4 is 0 Å². The molecule has 0 saturated carbocycles. The summed E-state index contributed by atoms with van der Waals surface area (Å²) in [6, 6.07) is 11.0. The highest BCUT2D eigenvalue weighted by atomic mass is 35.5. The van der Waals surface area contributed by atoms with E-state index in [-0.39, 0.29) is 28.3 Å². The van der Waals surface area contributed by atoms with Crippen molar-refractivity contribution in [1.29, 1.82) is 0 Å². The molecular weight excluding hydrogens is 527 g/mol. The molecule has 0 N–H and O–H groups in total. The predicted octanol–water partition coefficient (Wildman–Crippen LogP) is 5.73. The lowest BCUT2D eigenvalue weighted by molar-refractivity contribution is -0.138. The minimum atomic E-state index is -4.51. The first-order valence-corrected chi connectivity index (χ1v) is 12.9. The largest absolute Gasteiger partial charge is 0.416 e. The van der Waals surface area contributed by atoms with Crippen molar-refractivity contribution in [3.05, 3.63) is 75.3 Å². The van der Waals surface area contributed by atoms with Crippen LogP contribution in [0, 0.1) is 0 Å². The summed E-state index contributed by atoms with van der Waals surface area (Å²) in [5.41, 5.74) is 0.831. The molecule has 2 aromatic carbocycles. The number of halogens is 4. The number of amides is 2. The van der Waals surface area contributed by atoms with Gasteiger partial charge in [-0.05, 0) is 59.3 Å². The first kappa shape index (κ1) is 25.8. The Hall–Kier alpha value is -2.79. The van der Waals surface area contributed by atoms with Crippen molar-refractivity contribution < 1.29 is 27.5 Å². The highest BCUT2D eigenvalue weighted by Crippen LogP contribution is 2.35. The number of fused-ring (bicyclic) bond motifs is 1. The maximum absolute atomic E-state index is 13.5. The molecule has 3 aromatic rings. The Balaban J connectivity index is 1.32. The fraction of sp³-hybridized carbons (Fsp3) is 0.308. The molecule has 2 aliphatic heterocycles. The van der Waals surface area contributed by atoms with Crippen LogP contribution >= 0.6 is 23.4 Å². The molecule has 0 bridgehead atoms. The molecule has 0 atom stereocenters. The maximum atomic E-state index is 13.5. The van der Waals surface area contributed by atoms with Gasteiger partial charge in [-0.2, -0.15) is 13.2 Å². The monoisotopic (exact) mass is 549 g/mol. The molecule has 37 heavy (non-hydrogen) atoms. The lowest BCUT2D eigenvalue weighted by Crippen LogP contribution is -2.42. The normalized spacial score (nSPS) is 18.5. The summed E-state index contributed by atoms with van der Waals surface area (Å²) in [5, 5.41) is 0.548. The van der Waals surface area contributed by atoms with Crippen molar-refractivity contribution in [1.82, 2.24) is 14.4 Å². The Labute approximate surface area is 220 Å². The van der Waals surface area contributed by atoms with Crippen molar-refractivity contribution in [2.75, 3.05) is 39.4 Å². The van der Waals surface area contributed by atoms with Crippen molar-refractivity contribution in [2.45, 2.75) is 12.7 Å². The van der Waals surface area contributed by atoms with Crippen LogP contribution in [0.25, 0.3) is 17.0 Å². The van der Waals surface area contributed by atoms with Crippen LogP contribution in [0.1, 0.15) is 16.7 Å². The second-order valence-corrected chi connectivity index (χ2v) is 10.3. The second-order valence-electron chi connectivity index (χ2n) is 8.85. The van der Waals surface area contributed by atoms with E-state index >= 15 is 0 Å². The predicted molar refractivity (Wildman–Crippen MR) is 137 cm³/mol. The molecule has 6 nitrogen and oxygen atoms in total. The molecule has 3 heterocycles. The van der Waals surface area contributed by atoms with Crippen LogP contribution in [0.3, 0.4) is 0 Å². The number of hydrogen-bond acceptors (Lipinski definition) is 5. The number of ether oxygens (including phenoxy) is 1. The van der Waals surface area contributed by atoms with Crippen molar-refractivity contribution in [3.63, 3.8) is 0 Å². The number of carbonyl (C=O) groups is 2. The number of benzene rings is 2. The Kier molecular flexibility index (Phi) is 7.35. The number of carbonyl (C=O) groups excluding carboxylic acids is 2. The summed E-state index contributed by atoms with van der Waals surface area (Å²) >= 11 is 6.71. The highest BCUT2D eigenvalue weighted by Gasteiger charge is 2.35. The van der Waals surface area contributed by atoms with Crippen LogP contribution in [0.15, 0.2) is 53.6 Å². The van der Waals surface area contributed by atoms with Gasteiger partial charge in [-0.3, -0.25) is 19.4 Å². The van der Waals surface area contributed by atoms with Crippen molar-refractivity contribution in [2.24, 2.45) is 0 Å². The highest BCUT2D eigenvalue weighted by molar-refractivity contribution is 8.18. The Bertz CT molecular complexity index is 1380. The van der Waals surface area contributed by atoms with Crippen LogP contribution in [0.4, 0.5) is 18.0 Å². The van der Waals surface area contributed by atoms with E-state index in [1.165, 1.54) is 17.0 Å². The second kappa shape index (κ2) is 10.5. The topological polar surface area (TPSA) is 54.8 Å². The summed E-state index contributed by atoms with van der Waals surface area (Å²) in [6.45, 7) is 3.82. The summed E-state index contributed by atoms with van der Waals surface area (Å²) < 4.78 is 47.6. The Morgan fingerprint density at radius 3 is 2.57 bits per heavy atom. The third-order valence-corrected chi connectivity index (χ3v) is 7.57. The average Bonchev–Trinajstić information content (AvgIpc) is 3.38. The fourth-order valence-electron chi connectivity index (χ4n) is 4.49. The van der Waals surface area contributed by atoms with E-state index in [0.29, 0.717) is 31.2 Å². The molecule has 2 amide bonds. The fourth-order valence-corrected chi connectivity index (χ4v) is 5.53. The zero-order valence-electron chi connectivity index (χ0n) is 19.6. The van der Waals surface area contributed by atoms with Crippen LogP contribution in [-0.4, -0.2) is 64.9 Å². The Morgan fingerprint density at radius 1 is 1.03 bits per heavy atom. The van der Waals surface area contributed by atoms with Gasteiger partial charge in [-0.15, -0.1) is 0 Å². The zero-order chi connectivity index (χ0) is 26.2. The van der Waals surface area contributed by atoms with Gasteiger partial charge >= 0.3 is 6.18 Å². The van der Waals surface area contributed by atoms with E-state index in [4.69, 9.17) is 16.3 Å². The van der Waals surface area contributed by atoms with Gasteiger partial charge in [0.15, 0.2) is 0 Å². The van der Waals surface area contributed by atoms with Gasteiger partial charge in [0.2, 0.25) is 0 Å². The quantitative estimate of drug-likeness (QED) is 0.368. The molecule has 5 rings (SSSR count). The lowest BCUT2D eigenvalue weighted by Gasteiger charge is -2.27. The summed E-state index contributed by atoms with van der Waals surface area (Å²) in [4.78, 5) is 29.1. The first-order valence-electron chi connectivity index (χ1n) is 11.7. The van der Waals surface area contributed by atoms with E-state index in [1.807, 2.05) is 12.1 Å². The number of alkyl halides is 3. The number of thioether (sulfide) groups is 1. The van der Waals surface area contributed by atoms with Crippen molar-refractivity contribution >= 4 is 51.5 Å². The molecule has 2 fully saturated rings. The molecule has 0 unspecified atom stereocenters. The van der Waals surface area contributed by atoms with E-state index in [1.54, 1.807) is 29.0 Å². The first-order chi connectivity index (χ1) is 17.7. The van der Waals surface area contributed by atoms with Crippen LogP contribution in [0.2, 0.25) is 5.02 Å². The van der Waals surface area contributed by atoms with E-state index in [0.717, 1.165) is 47.4 Å². The van der Waals surface area contributed by atoms with Gasteiger partial charge in [0, 0.05) is 54.8 Å². The average molecular weight is 550 g/mol. The van der Waals surface area contributed by atoms with Gasteiger partial charge < -0.3 is 9.30 Å². The van der Waals surface area contributed by atoms with Crippen molar-refractivity contribution in [3.8, 4) is 0 Å². The number of hydrogen-bond donors (Lipinski definition) is 0. The van der Waals surface area contributed by atoms with Crippen LogP contribution in [-0.2, 0) is 22.3 Å². The number of imide groups is 1. The molecule has 2 aliphatic rings. The van der Waals surface area contributed by atoms with Gasteiger partial charge in [0.1, 0.15) is 0 Å². The number of nitrogens with zero attached hydrogens (tertiary/aromatic N) is 3. The number of aromatic nitrogens is 1. The maximum Gasteiger partial charge on any atom is 0.416 e. The van der Waals surface area contributed by atoms with E-state index < -0.39 is 11.7 Å². The van der Waals surface area contributed by atoms with E-state index in [2.05, 4.69) is 4.90 Å². The molecule has 194 valence electrons. The zero-order valence-corrected chi connectivity index (χ0v) is 21.2. The SMILES string of the molecule is O=C1S/C(=C\c2ccc3c(ccn3Cc3ccc(Cl)cc3C(F)(F)F)c2)C(=O)N1CCN1CCOCC1. The molecule has 0 aliphatic carbocycles. The molecule has 0 spiro atoms. The standard InChI is InChI=1S/C26H23ClF3N3O3S/c27-20-3-2-19(21(15-20)26(28,29)30)16-32-6-5-18-13-17(1-4-22(18)32)14-23-24(34)33(25(35)37-23)8-7-31-9-11-36-12-10-31/h1-6,13-15H,7-12,16H2/b23-14-. The molecule has 0 radical (unpaired) electrons. The molecule has 11 heteroatoms. The Morgan fingerprint density at radius 2 is 1.81 bits per heavy atom. The molecule has 2 saturated heterocycles. The summed E-state index contributed by atoms with van der Waals surface area (Å²) in [6.07, 6.45) is -1.11. The molecule has 1 aromatic heterocycles. The number of rotatable bonds is 6. The minimum absolute atomic E-state index is 0.0247. The minimum Gasteiger partial charge on any atom is -0.379 e. The van der Waals surface area contributed by atoms with Gasteiger partial charge in [-0.25, -0.2) is 0 Å². The van der Waals surface area contributed by atoms with Gasteiger partial charge in [-0.1, -0.05) is 23.7 Å². The summed E-state index contributed by atoms with van der Waals surface area (Å²) in [7, 11) is 0. The third kappa shape index (κ3) is 5.72. The van der Waals surface area contributed by atoms with Gasteiger partial charge in [0.25, 0.3) is 11.1 Å².